The van der Waals surface area contributed by atoms with Crippen LogP contribution in [0, 0.1) is 5.82 Å². The van der Waals surface area contributed by atoms with E-state index in [9.17, 15) is 9.18 Å². The summed E-state index contributed by atoms with van der Waals surface area (Å²) < 4.78 is 18.4. The van der Waals surface area contributed by atoms with Crippen molar-refractivity contribution in [2.24, 2.45) is 0 Å². The molecule has 0 saturated heterocycles. The number of nitrogens with zero attached hydrogens (tertiary/aromatic N) is 2. The zero-order valence-electron chi connectivity index (χ0n) is 14.9. The summed E-state index contributed by atoms with van der Waals surface area (Å²) in [5.41, 5.74) is 0.479. The highest BCUT2D eigenvalue weighted by Crippen LogP contribution is 2.18. The van der Waals surface area contributed by atoms with Gasteiger partial charge in [0, 0.05) is 32.3 Å². The highest BCUT2D eigenvalue weighted by atomic mass is 19.1. The zero-order chi connectivity index (χ0) is 17.5. The lowest BCUT2D eigenvalue weighted by molar-refractivity contribution is -0.137. The number of carbonyl (C=O) groups is 1. The first-order valence-corrected chi connectivity index (χ1v) is 7.96. The van der Waals surface area contributed by atoms with E-state index in [0.717, 1.165) is 18.5 Å². The molecule has 0 unspecified atom stereocenters. The molecule has 0 fully saturated rings. The van der Waals surface area contributed by atoms with Gasteiger partial charge in [-0.15, -0.1) is 0 Å². The fourth-order valence-corrected chi connectivity index (χ4v) is 2.39. The largest absolute Gasteiger partial charge is 0.385 e. The Morgan fingerprint density at radius 1 is 1.30 bits per heavy atom. The molecule has 4 nitrogen and oxygen atoms in total. The van der Waals surface area contributed by atoms with Crippen LogP contribution in [0.25, 0.3) is 0 Å². The lowest BCUT2D eigenvalue weighted by Gasteiger charge is -2.37. The van der Waals surface area contributed by atoms with Crippen molar-refractivity contribution in [3.05, 3.63) is 35.6 Å². The molecule has 0 aromatic heterocycles. The molecule has 0 saturated carbocycles. The second kappa shape index (κ2) is 8.99. The molecule has 0 radical (unpaired) electrons. The zero-order valence-corrected chi connectivity index (χ0v) is 14.9. The van der Waals surface area contributed by atoms with E-state index in [4.69, 9.17) is 4.74 Å². The molecule has 130 valence electrons. The summed E-state index contributed by atoms with van der Waals surface area (Å²) in [5, 5.41) is 0. The molecule has 0 N–H and O–H groups in total. The molecule has 0 aliphatic rings. The SMILES string of the molecule is COCCCN(C)CC(=O)N(Cc1cccc(F)c1)C(C)(C)C. The van der Waals surface area contributed by atoms with Gasteiger partial charge in [-0.25, -0.2) is 4.39 Å². The first kappa shape index (κ1) is 19.6. The summed E-state index contributed by atoms with van der Waals surface area (Å²) in [6.45, 7) is 8.23. The molecule has 0 spiro atoms. The third kappa shape index (κ3) is 7.10. The third-order valence-corrected chi connectivity index (χ3v) is 3.63. The lowest BCUT2D eigenvalue weighted by atomic mass is 10.0. The van der Waals surface area contributed by atoms with Crippen molar-refractivity contribution < 1.29 is 13.9 Å². The summed E-state index contributed by atoms with van der Waals surface area (Å²) in [4.78, 5) is 16.5. The van der Waals surface area contributed by atoms with E-state index in [1.165, 1.54) is 12.1 Å². The molecule has 0 bridgehead atoms. The molecule has 0 aliphatic heterocycles. The number of rotatable bonds is 8. The molecular formula is C18H29FN2O2. The quantitative estimate of drug-likeness (QED) is 0.689. The van der Waals surface area contributed by atoms with Gasteiger partial charge in [-0.3, -0.25) is 9.69 Å². The Hall–Kier alpha value is -1.46. The van der Waals surface area contributed by atoms with Crippen molar-refractivity contribution in [1.29, 1.82) is 0 Å². The van der Waals surface area contributed by atoms with Gasteiger partial charge in [-0.05, 0) is 51.9 Å². The molecule has 5 heteroatoms. The Bertz CT molecular complexity index is 500. The molecule has 1 aromatic rings. The highest BCUT2D eigenvalue weighted by molar-refractivity contribution is 5.79. The number of likely N-dealkylation sites (N-methyl/N-ethyl adjacent to an activating group) is 1. The minimum atomic E-state index is -0.323. The smallest absolute Gasteiger partial charge is 0.237 e. The summed E-state index contributed by atoms with van der Waals surface area (Å²) >= 11 is 0. The number of hydrogen-bond donors (Lipinski definition) is 0. The van der Waals surface area contributed by atoms with Gasteiger partial charge in [0.2, 0.25) is 5.91 Å². The number of ether oxygens (including phenoxy) is 1. The van der Waals surface area contributed by atoms with Crippen molar-refractivity contribution in [2.75, 3.05) is 33.9 Å². The highest BCUT2D eigenvalue weighted by Gasteiger charge is 2.27. The van der Waals surface area contributed by atoms with E-state index in [1.54, 1.807) is 18.1 Å². The average molecular weight is 324 g/mol. The Morgan fingerprint density at radius 3 is 2.57 bits per heavy atom. The molecule has 0 atom stereocenters. The molecular weight excluding hydrogens is 295 g/mol. The minimum absolute atomic E-state index is 0.0432. The Morgan fingerprint density at radius 2 is 2.00 bits per heavy atom. The van der Waals surface area contributed by atoms with Crippen LogP contribution in [0.5, 0.6) is 0 Å². The van der Waals surface area contributed by atoms with Crippen LogP contribution in [0.4, 0.5) is 4.39 Å². The van der Waals surface area contributed by atoms with Gasteiger partial charge >= 0.3 is 0 Å². The van der Waals surface area contributed by atoms with Crippen LogP contribution < -0.4 is 0 Å². The lowest BCUT2D eigenvalue weighted by Crippen LogP contribution is -2.48. The average Bonchev–Trinajstić information content (AvgIpc) is 2.43. The van der Waals surface area contributed by atoms with Crippen molar-refractivity contribution in [2.45, 2.75) is 39.3 Å². The van der Waals surface area contributed by atoms with Crippen LogP contribution in [-0.4, -0.2) is 55.1 Å². The maximum Gasteiger partial charge on any atom is 0.237 e. The van der Waals surface area contributed by atoms with Crippen molar-refractivity contribution >= 4 is 5.91 Å². The summed E-state index contributed by atoms with van der Waals surface area (Å²) in [6, 6.07) is 6.41. The number of carbonyl (C=O) groups excluding carboxylic acids is 1. The van der Waals surface area contributed by atoms with E-state index in [1.807, 2.05) is 38.8 Å². The van der Waals surface area contributed by atoms with Gasteiger partial charge in [0.05, 0.1) is 6.54 Å². The number of methoxy groups -OCH3 is 1. The third-order valence-electron chi connectivity index (χ3n) is 3.63. The maximum absolute atomic E-state index is 13.4. The first-order valence-electron chi connectivity index (χ1n) is 7.96. The number of amides is 1. The number of halogens is 1. The normalized spacial score (nSPS) is 11.8. The summed E-state index contributed by atoms with van der Waals surface area (Å²) in [7, 11) is 3.60. The monoisotopic (exact) mass is 324 g/mol. The van der Waals surface area contributed by atoms with Gasteiger partial charge in [-0.1, -0.05) is 12.1 Å². The van der Waals surface area contributed by atoms with Crippen molar-refractivity contribution in [3.8, 4) is 0 Å². The molecule has 1 rings (SSSR count). The second-order valence-electron chi connectivity index (χ2n) is 6.86. The predicted octanol–water partition coefficient (Wildman–Crippen LogP) is 2.92. The maximum atomic E-state index is 13.4. The topological polar surface area (TPSA) is 32.8 Å². The van der Waals surface area contributed by atoms with Gasteiger partial charge in [-0.2, -0.15) is 0 Å². The first-order chi connectivity index (χ1) is 10.7. The van der Waals surface area contributed by atoms with Crippen molar-refractivity contribution in [3.63, 3.8) is 0 Å². The van der Waals surface area contributed by atoms with E-state index in [0.29, 0.717) is 19.7 Å². The standard InChI is InChI=1S/C18H29FN2O2/c1-18(2,3)21(13-15-8-6-9-16(19)12-15)17(22)14-20(4)10-7-11-23-5/h6,8-9,12H,7,10-11,13-14H2,1-5H3. The van der Waals surface area contributed by atoms with Gasteiger partial charge in [0.25, 0.3) is 0 Å². The predicted molar refractivity (Wildman–Crippen MR) is 90.7 cm³/mol. The van der Waals surface area contributed by atoms with E-state index in [2.05, 4.69) is 0 Å². The van der Waals surface area contributed by atoms with Crippen LogP contribution in [0.2, 0.25) is 0 Å². The van der Waals surface area contributed by atoms with E-state index >= 15 is 0 Å². The summed E-state index contributed by atoms with van der Waals surface area (Å²) in [5.74, 6) is -0.234. The van der Waals surface area contributed by atoms with E-state index < -0.39 is 0 Å². The number of benzene rings is 1. The van der Waals surface area contributed by atoms with Gasteiger partial charge in [0.15, 0.2) is 0 Å². The van der Waals surface area contributed by atoms with Crippen LogP contribution >= 0.6 is 0 Å². The molecule has 1 aromatic carbocycles. The fourth-order valence-electron chi connectivity index (χ4n) is 2.39. The fraction of sp³-hybridized carbons (Fsp3) is 0.611. The van der Waals surface area contributed by atoms with Crippen molar-refractivity contribution in [1.82, 2.24) is 9.80 Å². The van der Waals surface area contributed by atoms with Gasteiger partial charge < -0.3 is 9.64 Å². The van der Waals surface area contributed by atoms with Gasteiger partial charge in [0.1, 0.15) is 5.82 Å². The Kier molecular flexibility index (Phi) is 7.65. The number of hydrogen-bond acceptors (Lipinski definition) is 3. The molecule has 0 heterocycles. The van der Waals surface area contributed by atoms with E-state index in [-0.39, 0.29) is 17.3 Å². The molecule has 23 heavy (non-hydrogen) atoms. The Labute approximate surface area is 139 Å². The van der Waals surface area contributed by atoms with Crippen LogP contribution in [0.15, 0.2) is 24.3 Å². The van der Waals surface area contributed by atoms with Crippen LogP contribution in [0.3, 0.4) is 0 Å². The molecule has 1 amide bonds. The molecule has 0 aliphatic carbocycles. The Balaban J connectivity index is 2.72. The summed E-state index contributed by atoms with van der Waals surface area (Å²) in [6.07, 6.45) is 0.889. The minimum Gasteiger partial charge on any atom is -0.385 e. The second-order valence-corrected chi connectivity index (χ2v) is 6.86. The van der Waals surface area contributed by atoms with Crippen LogP contribution in [-0.2, 0) is 16.1 Å². The van der Waals surface area contributed by atoms with Crippen LogP contribution in [0.1, 0.15) is 32.8 Å².